The van der Waals surface area contributed by atoms with Gasteiger partial charge >= 0.3 is 0 Å². The predicted molar refractivity (Wildman–Crippen MR) is 90.7 cm³/mol. The van der Waals surface area contributed by atoms with Crippen LogP contribution in [0.4, 0.5) is 5.69 Å². The molecule has 0 atom stereocenters. The summed E-state index contributed by atoms with van der Waals surface area (Å²) >= 11 is 0. The van der Waals surface area contributed by atoms with Crippen molar-refractivity contribution < 1.29 is 9.53 Å². The van der Waals surface area contributed by atoms with Gasteiger partial charge in [-0.15, -0.1) is 0 Å². The molecular weight excluding hydrogens is 290 g/mol. The molecule has 0 radical (unpaired) electrons. The van der Waals surface area contributed by atoms with E-state index in [-0.39, 0.29) is 12.5 Å². The van der Waals surface area contributed by atoms with Crippen molar-refractivity contribution in [1.29, 1.82) is 0 Å². The van der Waals surface area contributed by atoms with E-state index in [1.807, 2.05) is 24.4 Å². The monoisotopic (exact) mass is 309 g/mol. The standard InChI is InChI=1S/C18H19N3O2/c1-13(2)21-10-8-15-16(21)6-3-7-17(15)23-12-18(22)20-14-5-4-9-19-11-14/h3-11,13H,12H2,1-2H3,(H,20,22). The van der Waals surface area contributed by atoms with Crippen molar-refractivity contribution >= 4 is 22.5 Å². The number of amides is 1. The van der Waals surface area contributed by atoms with Crippen molar-refractivity contribution in [3.8, 4) is 5.75 Å². The number of fused-ring (bicyclic) bond motifs is 1. The Bertz CT molecular complexity index is 810. The number of carbonyl (C=O) groups is 1. The van der Waals surface area contributed by atoms with E-state index in [4.69, 9.17) is 4.74 Å². The molecule has 1 N–H and O–H groups in total. The van der Waals surface area contributed by atoms with Crippen molar-refractivity contribution in [2.45, 2.75) is 19.9 Å². The summed E-state index contributed by atoms with van der Waals surface area (Å²) in [7, 11) is 0. The number of nitrogens with zero attached hydrogens (tertiary/aromatic N) is 2. The lowest BCUT2D eigenvalue weighted by Crippen LogP contribution is -2.20. The molecule has 23 heavy (non-hydrogen) atoms. The lowest BCUT2D eigenvalue weighted by molar-refractivity contribution is -0.118. The molecule has 3 aromatic rings. The summed E-state index contributed by atoms with van der Waals surface area (Å²) in [6.07, 6.45) is 5.30. The second kappa shape index (κ2) is 6.52. The highest BCUT2D eigenvalue weighted by molar-refractivity contribution is 5.92. The molecule has 1 aromatic carbocycles. The highest BCUT2D eigenvalue weighted by atomic mass is 16.5. The Labute approximate surface area is 134 Å². The molecule has 0 spiro atoms. The third kappa shape index (κ3) is 3.34. The van der Waals surface area contributed by atoms with Gasteiger partial charge in [-0.05, 0) is 44.2 Å². The van der Waals surface area contributed by atoms with Gasteiger partial charge in [0.05, 0.1) is 17.4 Å². The summed E-state index contributed by atoms with van der Waals surface area (Å²) in [5.41, 5.74) is 1.76. The number of aromatic nitrogens is 2. The second-order valence-electron chi connectivity index (χ2n) is 5.58. The number of pyridine rings is 1. The Hall–Kier alpha value is -2.82. The van der Waals surface area contributed by atoms with Crippen LogP contribution in [0.25, 0.3) is 10.9 Å². The van der Waals surface area contributed by atoms with Gasteiger partial charge in [-0.3, -0.25) is 9.78 Å². The van der Waals surface area contributed by atoms with Crippen molar-refractivity contribution in [1.82, 2.24) is 9.55 Å². The summed E-state index contributed by atoms with van der Waals surface area (Å²) < 4.78 is 7.88. The topological polar surface area (TPSA) is 56.1 Å². The van der Waals surface area contributed by atoms with Crippen LogP contribution in [0.15, 0.2) is 55.0 Å². The molecule has 2 aromatic heterocycles. The average molecular weight is 309 g/mol. The number of nitrogens with one attached hydrogen (secondary N) is 1. The zero-order chi connectivity index (χ0) is 16.2. The summed E-state index contributed by atoms with van der Waals surface area (Å²) in [4.78, 5) is 15.9. The molecule has 118 valence electrons. The Morgan fingerprint density at radius 1 is 1.26 bits per heavy atom. The first-order valence-electron chi connectivity index (χ1n) is 7.57. The first-order valence-corrected chi connectivity index (χ1v) is 7.57. The maximum absolute atomic E-state index is 12.0. The minimum Gasteiger partial charge on any atom is -0.483 e. The van der Waals surface area contributed by atoms with Gasteiger partial charge in [0.15, 0.2) is 6.61 Å². The van der Waals surface area contributed by atoms with Gasteiger partial charge in [-0.1, -0.05) is 6.07 Å². The van der Waals surface area contributed by atoms with Crippen molar-refractivity contribution in [2.24, 2.45) is 0 Å². The molecule has 0 saturated heterocycles. The molecule has 0 aliphatic rings. The number of benzene rings is 1. The van der Waals surface area contributed by atoms with Crippen molar-refractivity contribution in [2.75, 3.05) is 11.9 Å². The summed E-state index contributed by atoms with van der Waals surface area (Å²) in [6.45, 7) is 4.23. The van der Waals surface area contributed by atoms with Crippen LogP contribution < -0.4 is 10.1 Å². The number of rotatable bonds is 5. The minimum absolute atomic E-state index is 0.0408. The molecule has 0 aliphatic carbocycles. The highest BCUT2D eigenvalue weighted by Crippen LogP contribution is 2.28. The van der Waals surface area contributed by atoms with Crippen LogP contribution >= 0.6 is 0 Å². The van der Waals surface area contributed by atoms with Crippen LogP contribution in [-0.4, -0.2) is 22.1 Å². The molecular formula is C18H19N3O2. The molecule has 3 rings (SSSR count). The zero-order valence-corrected chi connectivity index (χ0v) is 13.2. The molecule has 2 heterocycles. The van der Waals surface area contributed by atoms with Gasteiger partial charge in [0.1, 0.15) is 5.75 Å². The Morgan fingerprint density at radius 3 is 2.87 bits per heavy atom. The van der Waals surface area contributed by atoms with Crippen LogP contribution in [0.5, 0.6) is 5.75 Å². The smallest absolute Gasteiger partial charge is 0.262 e. The molecule has 1 amide bonds. The molecule has 0 bridgehead atoms. The number of anilines is 1. The van der Waals surface area contributed by atoms with E-state index in [0.717, 1.165) is 10.9 Å². The van der Waals surface area contributed by atoms with Gasteiger partial charge in [-0.25, -0.2) is 0 Å². The SMILES string of the molecule is CC(C)n1ccc2c(OCC(=O)Nc3cccnc3)cccc21. The van der Waals surface area contributed by atoms with E-state index in [1.54, 1.807) is 24.5 Å². The molecule has 5 heteroatoms. The quantitative estimate of drug-likeness (QED) is 0.783. The highest BCUT2D eigenvalue weighted by Gasteiger charge is 2.10. The van der Waals surface area contributed by atoms with Crippen LogP contribution in [0.3, 0.4) is 0 Å². The molecule has 0 fully saturated rings. The fourth-order valence-corrected chi connectivity index (χ4v) is 2.51. The first kappa shape index (κ1) is 15.1. The summed E-state index contributed by atoms with van der Waals surface area (Å²) in [5, 5.41) is 3.76. The van der Waals surface area contributed by atoms with Gasteiger partial charge < -0.3 is 14.6 Å². The molecule has 5 nitrogen and oxygen atoms in total. The van der Waals surface area contributed by atoms with E-state index >= 15 is 0 Å². The van der Waals surface area contributed by atoms with Crippen LogP contribution in [0.1, 0.15) is 19.9 Å². The van der Waals surface area contributed by atoms with Crippen molar-refractivity contribution in [3.63, 3.8) is 0 Å². The Kier molecular flexibility index (Phi) is 4.28. The van der Waals surface area contributed by atoms with Crippen LogP contribution in [0.2, 0.25) is 0 Å². The van der Waals surface area contributed by atoms with Crippen molar-refractivity contribution in [3.05, 3.63) is 55.0 Å². The third-order valence-corrected chi connectivity index (χ3v) is 3.58. The average Bonchev–Trinajstić information content (AvgIpc) is 2.98. The lowest BCUT2D eigenvalue weighted by Gasteiger charge is -2.11. The van der Waals surface area contributed by atoms with Gasteiger partial charge in [-0.2, -0.15) is 0 Å². The van der Waals surface area contributed by atoms with Gasteiger partial charge in [0.2, 0.25) is 0 Å². The second-order valence-corrected chi connectivity index (χ2v) is 5.58. The van der Waals surface area contributed by atoms with Crippen LogP contribution in [0, 0.1) is 0 Å². The number of hydrogen-bond acceptors (Lipinski definition) is 3. The van der Waals surface area contributed by atoms with Gasteiger partial charge in [0, 0.05) is 23.8 Å². The molecule has 0 saturated carbocycles. The van der Waals surface area contributed by atoms with E-state index in [9.17, 15) is 4.79 Å². The first-order chi connectivity index (χ1) is 11.1. The zero-order valence-electron chi connectivity index (χ0n) is 13.2. The number of ether oxygens (including phenoxy) is 1. The maximum atomic E-state index is 12.0. The van der Waals surface area contributed by atoms with E-state index < -0.39 is 0 Å². The summed E-state index contributed by atoms with van der Waals surface area (Å²) in [5.74, 6) is 0.501. The Morgan fingerprint density at radius 2 is 2.13 bits per heavy atom. The maximum Gasteiger partial charge on any atom is 0.262 e. The molecule has 0 unspecified atom stereocenters. The fourth-order valence-electron chi connectivity index (χ4n) is 2.51. The Balaban J connectivity index is 1.71. The van der Waals surface area contributed by atoms with Gasteiger partial charge in [0.25, 0.3) is 5.91 Å². The normalized spacial score (nSPS) is 10.9. The predicted octanol–water partition coefficient (Wildman–Crippen LogP) is 3.63. The minimum atomic E-state index is -0.210. The fraction of sp³-hybridized carbons (Fsp3) is 0.222. The lowest BCUT2D eigenvalue weighted by atomic mass is 10.2. The van der Waals surface area contributed by atoms with Crippen LogP contribution in [-0.2, 0) is 4.79 Å². The van der Waals surface area contributed by atoms with E-state index in [0.29, 0.717) is 17.5 Å². The summed E-state index contributed by atoms with van der Waals surface area (Å²) in [6, 6.07) is 11.8. The van der Waals surface area contributed by atoms with E-state index in [1.165, 1.54) is 0 Å². The number of hydrogen-bond donors (Lipinski definition) is 1. The number of carbonyl (C=O) groups excluding carboxylic acids is 1. The van der Waals surface area contributed by atoms with E-state index in [2.05, 4.69) is 34.8 Å². The third-order valence-electron chi connectivity index (χ3n) is 3.58. The molecule has 0 aliphatic heterocycles. The largest absolute Gasteiger partial charge is 0.483 e.